The van der Waals surface area contributed by atoms with Gasteiger partial charge in [0.15, 0.2) is 0 Å². The highest BCUT2D eigenvalue weighted by Crippen LogP contribution is 2.44. The molecular formula is C31H39BrClN4O-. The molecule has 0 unspecified atom stereocenters. The number of amides is 1. The zero-order valence-electron chi connectivity index (χ0n) is 22.2. The van der Waals surface area contributed by atoms with Crippen molar-refractivity contribution < 1.29 is 4.79 Å². The Bertz CT molecular complexity index is 1140. The van der Waals surface area contributed by atoms with Gasteiger partial charge < -0.3 is 20.4 Å². The van der Waals surface area contributed by atoms with Gasteiger partial charge in [0.1, 0.15) is 0 Å². The van der Waals surface area contributed by atoms with Crippen LogP contribution in [0.3, 0.4) is 0 Å². The molecule has 38 heavy (non-hydrogen) atoms. The summed E-state index contributed by atoms with van der Waals surface area (Å²) in [6.45, 7) is 6.16. The van der Waals surface area contributed by atoms with Gasteiger partial charge in [-0.2, -0.15) is 6.20 Å². The maximum absolute atomic E-state index is 12.9. The molecule has 1 aliphatic carbocycles. The fourth-order valence-corrected chi connectivity index (χ4v) is 7.85. The first-order valence-electron chi connectivity index (χ1n) is 14.6. The molecule has 0 bridgehead atoms. The van der Waals surface area contributed by atoms with Crippen molar-refractivity contribution in [2.45, 2.75) is 57.8 Å². The molecule has 4 aliphatic heterocycles. The minimum Gasteiger partial charge on any atom is -0.661 e. The highest BCUT2D eigenvalue weighted by molar-refractivity contribution is 9.11. The van der Waals surface area contributed by atoms with Crippen molar-refractivity contribution in [1.29, 1.82) is 0 Å². The number of fused-ring (bicyclic) bond motifs is 2. The van der Waals surface area contributed by atoms with Crippen molar-refractivity contribution >= 4 is 39.1 Å². The number of halogens is 2. The Balaban J connectivity index is 1.09. The Kier molecular flexibility index (Phi) is 8.20. The SMILES string of the molecule is O=C(CC1CCNCC1)N1CCC(C2CCN(C3=C4[N-]C=C(Br)C=C4CCc4cc(Cl)ccc43)CC2)CC1. The summed E-state index contributed by atoms with van der Waals surface area (Å²) in [6.07, 6.45) is 13.9. The maximum Gasteiger partial charge on any atom is 0.222 e. The summed E-state index contributed by atoms with van der Waals surface area (Å²) in [5.41, 5.74) is 6.35. The molecule has 1 N–H and O–H groups in total. The second-order valence-electron chi connectivity index (χ2n) is 11.8. The normalized spacial score (nSPS) is 23.7. The number of piperidine rings is 3. The number of nitrogens with one attached hydrogen (secondary N) is 1. The molecule has 4 heterocycles. The summed E-state index contributed by atoms with van der Waals surface area (Å²) in [7, 11) is 0. The highest BCUT2D eigenvalue weighted by Gasteiger charge is 2.33. The van der Waals surface area contributed by atoms with E-state index in [1.54, 1.807) is 0 Å². The first-order valence-corrected chi connectivity index (χ1v) is 15.8. The third-order valence-corrected chi connectivity index (χ3v) is 10.1. The van der Waals surface area contributed by atoms with Crippen LogP contribution in [0.2, 0.25) is 5.02 Å². The van der Waals surface area contributed by atoms with E-state index in [1.807, 2.05) is 12.3 Å². The van der Waals surface area contributed by atoms with Gasteiger partial charge in [-0.1, -0.05) is 39.2 Å². The van der Waals surface area contributed by atoms with Crippen molar-refractivity contribution in [1.82, 2.24) is 15.1 Å². The standard InChI is InChI=1S/C31H39BrClN4O/c32-26-18-25-2-1-24-19-27(33)3-4-28(24)31(30(25)35-20-26)37-15-9-23(10-16-37)22-7-13-36(14-8-22)29(38)17-21-5-11-34-12-6-21/h3-4,18-23,34H,1-2,5-17H2/q-1. The summed E-state index contributed by atoms with van der Waals surface area (Å²) < 4.78 is 1.04. The smallest absolute Gasteiger partial charge is 0.222 e. The molecule has 7 heteroatoms. The van der Waals surface area contributed by atoms with Crippen LogP contribution in [0, 0.1) is 17.8 Å². The lowest BCUT2D eigenvalue weighted by Crippen LogP contribution is -2.43. The molecule has 3 saturated heterocycles. The molecule has 0 radical (unpaired) electrons. The molecule has 5 nitrogen and oxygen atoms in total. The van der Waals surface area contributed by atoms with Crippen molar-refractivity contribution in [2.75, 3.05) is 39.3 Å². The third kappa shape index (κ3) is 5.73. The Morgan fingerprint density at radius 3 is 2.45 bits per heavy atom. The molecular weight excluding hydrogens is 560 g/mol. The maximum atomic E-state index is 12.9. The van der Waals surface area contributed by atoms with E-state index >= 15 is 0 Å². The molecule has 1 aromatic rings. The lowest BCUT2D eigenvalue weighted by atomic mass is 9.78. The number of nitrogens with zero attached hydrogens (tertiary/aromatic N) is 3. The van der Waals surface area contributed by atoms with E-state index in [-0.39, 0.29) is 0 Å². The van der Waals surface area contributed by atoms with E-state index in [0.717, 1.165) is 98.4 Å². The van der Waals surface area contributed by atoms with Crippen molar-refractivity contribution in [2.24, 2.45) is 17.8 Å². The van der Waals surface area contributed by atoms with Gasteiger partial charge in [0.25, 0.3) is 0 Å². The Morgan fingerprint density at radius 1 is 1.00 bits per heavy atom. The number of likely N-dealkylation sites (tertiary alicyclic amines) is 2. The summed E-state index contributed by atoms with van der Waals surface area (Å²) in [5, 5.41) is 9.15. The van der Waals surface area contributed by atoms with Gasteiger partial charge in [0, 0.05) is 43.3 Å². The van der Waals surface area contributed by atoms with Crippen LogP contribution in [0.1, 0.15) is 62.5 Å². The van der Waals surface area contributed by atoms with Crippen molar-refractivity contribution in [3.05, 3.63) is 67.7 Å². The summed E-state index contributed by atoms with van der Waals surface area (Å²) in [5.74, 6) is 2.47. The number of rotatable bonds is 4. The number of allylic oxidation sites excluding steroid dienone is 3. The zero-order chi connectivity index (χ0) is 26.1. The number of aryl methyl sites for hydroxylation is 1. The highest BCUT2D eigenvalue weighted by atomic mass is 79.9. The van der Waals surface area contributed by atoms with E-state index < -0.39 is 0 Å². The van der Waals surface area contributed by atoms with Gasteiger partial charge in [0.2, 0.25) is 5.91 Å². The second-order valence-corrected chi connectivity index (χ2v) is 13.1. The number of carbonyl (C=O) groups is 1. The third-order valence-electron chi connectivity index (χ3n) is 9.48. The zero-order valence-corrected chi connectivity index (χ0v) is 24.6. The number of hydrogen-bond acceptors (Lipinski definition) is 3. The van der Waals surface area contributed by atoms with E-state index in [1.165, 1.54) is 48.1 Å². The van der Waals surface area contributed by atoms with Gasteiger partial charge in [0.05, 0.1) is 0 Å². The summed E-state index contributed by atoms with van der Waals surface area (Å²) in [4.78, 5) is 17.7. The average molecular weight is 599 g/mol. The minimum absolute atomic E-state index is 0.395. The van der Waals surface area contributed by atoms with Crippen molar-refractivity contribution in [3.8, 4) is 0 Å². The Hall–Kier alpha value is -1.76. The van der Waals surface area contributed by atoms with E-state index in [4.69, 9.17) is 16.9 Å². The fraction of sp³-hybridized carbons (Fsp3) is 0.581. The minimum atomic E-state index is 0.395. The molecule has 0 aromatic heterocycles. The molecule has 1 amide bonds. The van der Waals surface area contributed by atoms with Crippen LogP contribution in [0.5, 0.6) is 0 Å². The molecule has 0 spiro atoms. The number of carbonyl (C=O) groups excluding carboxylic acids is 1. The first-order chi connectivity index (χ1) is 18.5. The molecule has 0 saturated carbocycles. The van der Waals surface area contributed by atoms with Gasteiger partial charge in [-0.05, 0) is 116 Å². The summed E-state index contributed by atoms with van der Waals surface area (Å²) in [6, 6.07) is 6.37. The topological polar surface area (TPSA) is 49.7 Å². The van der Waals surface area contributed by atoms with Gasteiger partial charge in [-0.3, -0.25) is 4.79 Å². The van der Waals surface area contributed by atoms with Crippen LogP contribution in [-0.2, 0) is 11.2 Å². The average Bonchev–Trinajstić information content (AvgIpc) is 3.10. The van der Waals surface area contributed by atoms with Crippen LogP contribution < -0.4 is 5.32 Å². The predicted molar refractivity (Wildman–Crippen MR) is 159 cm³/mol. The molecule has 5 aliphatic rings. The van der Waals surface area contributed by atoms with Crippen molar-refractivity contribution in [3.63, 3.8) is 0 Å². The molecule has 1 aromatic carbocycles. The number of hydrogen-bond donors (Lipinski definition) is 1. The lowest BCUT2D eigenvalue weighted by Gasteiger charge is -2.44. The van der Waals surface area contributed by atoms with Crippen LogP contribution in [0.4, 0.5) is 0 Å². The van der Waals surface area contributed by atoms with Gasteiger partial charge >= 0.3 is 0 Å². The van der Waals surface area contributed by atoms with E-state index in [9.17, 15) is 4.79 Å². The van der Waals surface area contributed by atoms with Gasteiger partial charge in [-0.15, -0.1) is 5.70 Å². The lowest BCUT2D eigenvalue weighted by molar-refractivity contribution is -0.134. The van der Waals surface area contributed by atoms with Crippen LogP contribution in [0.15, 0.2) is 46.2 Å². The predicted octanol–water partition coefficient (Wildman–Crippen LogP) is 6.85. The molecule has 6 rings (SSSR count). The molecule has 3 fully saturated rings. The molecule has 0 atom stereocenters. The first kappa shape index (κ1) is 26.5. The summed E-state index contributed by atoms with van der Waals surface area (Å²) >= 11 is 10.0. The quantitative estimate of drug-likeness (QED) is 0.413. The largest absolute Gasteiger partial charge is 0.661 e. The number of benzene rings is 1. The molecule has 204 valence electrons. The van der Waals surface area contributed by atoms with E-state index in [0.29, 0.717) is 11.8 Å². The Labute approximate surface area is 240 Å². The Morgan fingerprint density at radius 2 is 1.71 bits per heavy atom. The fourth-order valence-electron chi connectivity index (χ4n) is 7.28. The van der Waals surface area contributed by atoms with Gasteiger partial charge in [-0.25, -0.2) is 0 Å². The van der Waals surface area contributed by atoms with Crippen LogP contribution >= 0.6 is 27.5 Å². The van der Waals surface area contributed by atoms with E-state index in [2.05, 4.69) is 49.3 Å². The van der Waals surface area contributed by atoms with Crippen LogP contribution in [0.25, 0.3) is 11.0 Å². The van der Waals surface area contributed by atoms with Crippen LogP contribution in [-0.4, -0.2) is 55.0 Å². The monoisotopic (exact) mass is 597 g/mol. The second kappa shape index (κ2) is 11.8.